The predicted octanol–water partition coefficient (Wildman–Crippen LogP) is 4.59. The molecule has 26 heavy (non-hydrogen) atoms. The maximum atomic E-state index is 12.5. The Morgan fingerprint density at radius 1 is 1.19 bits per heavy atom. The molecule has 136 valence electrons. The van der Waals surface area contributed by atoms with Crippen molar-refractivity contribution in [2.45, 2.75) is 20.1 Å². The van der Waals surface area contributed by atoms with Gasteiger partial charge in [-0.05, 0) is 48.2 Å². The molecule has 3 rings (SSSR count). The van der Waals surface area contributed by atoms with Gasteiger partial charge in [0.2, 0.25) is 0 Å². The number of benzene rings is 1. The van der Waals surface area contributed by atoms with Crippen molar-refractivity contribution in [3.8, 4) is 11.5 Å². The van der Waals surface area contributed by atoms with Gasteiger partial charge in [0.15, 0.2) is 17.3 Å². The molecule has 0 aliphatic carbocycles. The number of rotatable bonds is 8. The third-order valence-corrected chi connectivity index (χ3v) is 4.80. The number of carbonyl (C=O) groups excluding carboxylic acids is 1. The van der Waals surface area contributed by atoms with Gasteiger partial charge in [-0.3, -0.25) is 4.79 Å². The Morgan fingerprint density at radius 2 is 2.08 bits per heavy atom. The number of furan rings is 1. The molecule has 0 bridgehead atoms. The van der Waals surface area contributed by atoms with Crippen LogP contribution in [0.25, 0.3) is 0 Å². The minimum atomic E-state index is -0.130. The second-order valence-corrected chi connectivity index (χ2v) is 6.68. The van der Waals surface area contributed by atoms with E-state index in [9.17, 15) is 4.79 Å². The number of ether oxygens (including phenoxy) is 2. The van der Waals surface area contributed by atoms with Crippen LogP contribution < -0.4 is 9.47 Å². The first-order valence-electron chi connectivity index (χ1n) is 8.36. The Morgan fingerprint density at radius 3 is 2.73 bits per heavy atom. The summed E-state index contributed by atoms with van der Waals surface area (Å²) >= 11 is 1.65. The first-order chi connectivity index (χ1) is 12.7. The minimum absolute atomic E-state index is 0.130. The number of nitrogens with zero attached hydrogens (tertiary/aromatic N) is 1. The highest BCUT2D eigenvalue weighted by Crippen LogP contribution is 2.30. The average Bonchev–Trinajstić information content (AvgIpc) is 3.38. The molecule has 0 N–H and O–H groups in total. The molecule has 0 unspecified atom stereocenters. The van der Waals surface area contributed by atoms with E-state index >= 15 is 0 Å². The molecule has 3 aromatic rings. The number of carbonyl (C=O) groups is 1. The van der Waals surface area contributed by atoms with Crippen LogP contribution in [-0.2, 0) is 13.2 Å². The zero-order chi connectivity index (χ0) is 18.4. The van der Waals surface area contributed by atoms with E-state index in [1.54, 1.807) is 35.5 Å². The van der Waals surface area contributed by atoms with E-state index in [-0.39, 0.29) is 5.91 Å². The summed E-state index contributed by atoms with van der Waals surface area (Å²) in [6.45, 7) is 3.50. The molecular formula is C20H21NO4S. The van der Waals surface area contributed by atoms with Crippen molar-refractivity contribution in [2.75, 3.05) is 13.7 Å². The third kappa shape index (κ3) is 4.26. The monoisotopic (exact) mass is 371 g/mol. The first kappa shape index (κ1) is 18.1. The number of thiophene rings is 1. The lowest BCUT2D eigenvalue weighted by molar-refractivity contribution is 0.0720. The van der Waals surface area contributed by atoms with Gasteiger partial charge in [-0.2, -0.15) is 0 Å². The van der Waals surface area contributed by atoms with E-state index in [0.717, 1.165) is 10.4 Å². The fourth-order valence-electron chi connectivity index (χ4n) is 2.58. The van der Waals surface area contributed by atoms with Crippen LogP contribution in [0.1, 0.15) is 27.9 Å². The lowest BCUT2D eigenvalue weighted by Crippen LogP contribution is -2.30. The van der Waals surface area contributed by atoms with Crippen molar-refractivity contribution in [1.82, 2.24) is 4.90 Å². The van der Waals surface area contributed by atoms with Crippen molar-refractivity contribution in [3.05, 3.63) is 70.3 Å². The minimum Gasteiger partial charge on any atom is -0.493 e. The van der Waals surface area contributed by atoms with Crippen LogP contribution in [0.2, 0.25) is 0 Å². The molecule has 1 amide bonds. The number of hydrogen-bond donors (Lipinski definition) is 0. The molecule has 0 spiro atoms. The van der Waals surface area contributed by atoms with Gasteiger partial charge >= 0.3 is 0 Å². The molecule has 0 fully saturated rings. The molecule has 2 heterocycles. The van der Waals surface area contributed by atoms with Gasteiger partial charge in [-0.25, -0.2) is 0 Å². The third-order valence-electron chi connectivity index (χ3n) is 3.95. The highest BCUT2D eigenvalue weighted by atomic mass is 32.1. The molecule has 0 saturated heterocycles. The molecule has 1 aromatic carbocycles. The van der Waals surface area contributed by atoms with Crippen LogP contribution in [0.15, 0.2) is 58.5 Å². The summed E-state index contributed by atoms with van der Waals surface area (Å²) in [5.41, 5.74) is 0.965. The normalized spacial score (nSPS) is 10.5. The Labute approximate surface area is 156 Å². The molecule has 0 aliphatic heterocycles. The Kier molecular flexibility index (Phi) is 5.96. The van der Waals surface area contributed by atoms with Gasteiger partial charge in [-0.1, -0.05) is 12.1 Å². The van der Waals surface area contributed by atoms with Crippen LogP contribution in [0, 0.1) is 0 Å². The lowest BCUT2D eigenvalue weighted by atomic mass is 10.1. The Balaban J connectivity index is 1.70. The molecule has 2 aromatic heterocycles. The Bertz CT molecular complexity index is 828. The van der Waals surface area contributed by atoms with E-state index in [1.807, 2.05) is 42.6 Å². The van der Waals surface area contributed by atoms with E-state index in [2.05, 4.69) is 0 Å². The van der Waals surface area contributed by atoms with Gasteiger partial charge in [0, 0.05) is 18.0 Å². The second-order valence-electron chi connectivity index (χ2n) is 5.65. The largest absolute Gasteiger partial charge is 0.493 e. The molecule has 6 heteroatoms. The van der Waals surface area contributed by atoms with Crippen molar-refractivity contribution in [2.24, 2.45) is 0 Å². The number of methoxy groups -OCH3 is 1. The molecule has 0 aliphatic rings. The van der Waals surface area contributed by atoms with Gasteiger partial charge in [-0.15, -0.1) is 11.3 Å². The van der Waals surface area contributed by atoms with Crippen molar-refractivity contribution in [3.63, 3.8) is 0 Å². The quantitative estimate of drug-likeness (QED) is 0.581. The van der Waals surface area contributed by atoms with Gasteiger partial charge in [0.1, 0.15) is 6.61 Å². The first-order valence-corrected chi connectivity index (χ1v) is 9.24. The molecular weight excluding hydrogens is 350 g/mol. The summed E-state index contributed by atoms with van der Waals surface area (Å²) in [6, 6.07) is 13.2. The van der Waals surface area contributed by atoms with Crippen molar-refractivity contribution in [1.29, 1.82) is 0 Å². The number of amides is 1. The smallest absolute Gasteiger partial charge is 0.289 e. The van der Waals surface area contributed by atoms with E-state index in [1.165, 1.54) is 6.26 Å². The van der Waals surface area contributed by atoms with Crippen LogP contribution in [0.3, 0.4) is 0 Å². The van der Waals surface area contributed by atoms with Gasteiger partial charge < -0.3 is 18.8 Å². The SMILES string of the molecule is CCN(Cc1ccc(OCc2cccs2)c(OC)c1)C(=O)c1ccco1. The number of hydrogen-bond acceptors (Lipinski definition) is 5. The molecule has 0 radical (unpaired) electrons. The summed E-state index contributed by atoms with van der Waals surface area (Å²) in [5, 5.41) is 2.02. The van der Waals surface area contributed by atoms with Crippen LogP contribution >= 0.6 is 11.3 Å². The average molecular weight is 371 g/mol. The summed E-state index contributed by atoms with van der Waals surface area (Å²) in [4.78, 5) is 15.3. The highest BCUT2D eigenvalue weighted by molar-refractivity contribution is 7.09. The standard InChI is InChI=1S/C20H21NO4S/c1-3-21(20(22)18-7-4-10-24-18)13-15-8-9-17(19(12-15)23-2)25-14-16-6-5-11-26-16/h4-12H,3,13-14H2,1-2H3. The summed E-state index contributed by atoms with van der Waals surface area (Å²) in [7, 11) is 1.61. The zero-order valence-electron chi connectivity index (χ0n) is 14.8. The van der Waals surface area contributed by atoms with Crippen molar-refractivity contribution < 1.29 is 18.7 Å². The van der Waals surface area contributed by atoms with E-state index in [4.69, 9.17) is 13.9 Å². The fraction of sp³-hybridized carbons (Fsp3) is 0.250. The van der Waals surface area contributed by atoms with Crippen LogP contribution in [0.5, 0.6) is 11.5 Å². The lowest BCUT2D eigenvalue weighted by Gasteiger charge is -2.20. The predicted molar refractivity (Wildman–Crippen MR) is 101 cm³/mol. The van der Waals surface area contributed by atoms with E-state index < -0.39 is 0 Å². The van der Waals surface area contributed by atoms with Gasteiger partial charge in [0.05, 0.1) is 13.4 Å². The van der Waals surface area contributed by atoms with Gasteiger partial charge in [0.25, 0.3) is 5.91 Å². The van der Waals surface area contributed by atoms with Crippen LogP contribution in [-0.4, -0.2) is 24.5 Å². The maximum absolute atomic E-state index is 12.5. The van der Waals surface area contributed by atoms with Crippen LogP contribution in [0.4, 0.5) is 0 Å². The Hall–Kier alpha value is -2.73. The summed E-state index contributed by atoms with van der Waals surface area (Å²) < 4.78 is 16.5. The van der Waals surface area contributed by atoms with Crippen molar-refractivity contribution >= 4 is 17.2 Å². The summed E-state index contributed by atoms with van der Waals surface area (Å²) in [5.74, 6) is 1.55. The van der Waals surface area contributed by atoms with E-state index in [0.29, 0.717) is 37.0 Å². The highest BCUT2D eigenvalue weighted by Gasteiger charge is 2.17. The fourth-order valence-corrected chi connectivity index (χ4v) is 3.19. The zero-order valence-corrected chi connectivity index (χ0v) is 15.6. The molecule has 0 atom stereocenters. The topological polar surface area (TPSA) is 51.9 Å². The molecule has 5 nitrogen and oxygen atoms in total. The summed E-state index contributed by atoms with van der Waals surface area (Å²) in [6.07, 6.45) is 1.50. The maximum Gasteiger partial charge on any atom is 0.289 e. The molecule has 0 saturated carbocycles. The second kappa shape index (κ2) is 8.58.